The van der Waals surface area contributed by atoms with Crippen molar-refractivity contribution < 1.29 is 0 Å². The molecule has 0 bridgehead atoms. The smallest absolute Gasteiger partial charge is 0.0107 e. The van der Waals surface area contributed by atoms with Gasteiger partial charge in [0.2, 0.25) is 0 Å². The molecule has 0 radical (unpaired) electrons. The summed E-state index contributed by atoms with van der Waals surface area (Å²) < 4.78 is 0. The maximum atomic E-state index is 2.40. The Bertz CT molecular complexity index is 537. The summed E-state index contributed by atoms with van der Waals surface area (Å²) in [4.78, 5) is 0. The van der Waals surface area contributed by atoms with E-state index in [1.165, 1.54) is 16.7 Å². The van der Waals surface area contributed by atoms with Crippen LogP contribution in [-0.2, 0) is 5.41 Å². The van der Waals surface area contributed by atoms with Gasteiger partial charge in [-0.3, -0.25) is 0 Å². The van der Waals surface area contributed by atoms with Gasteiger partial charge in [-0.25, -0.2) is 0 Å². The van der Waals surface area contributed by atoms with Crippen LogP contribution in [0.15, 0.2) is 66.7 Å². The predicted octanol–water partition coefficient (Wildman–Crippen LogP) is 5.46. The van der Waals surface area contributed by atoms with Gasteiger partial charge in [-0.2, -0.15) is 0 Å². The van der Waals surface area contributed by atoms with Gasteiger partial charge in [0.25, 0.3) is 0 Å². The van der Waals surface area contributed by atoms with Crippen molar-refractivity contribution >= 4 is 5.57 Å². The minimum absolute atomic E-state index is 0.0984. The first-order chi connectivity index (χ1) is 9.15. The molecule has 0 aliphatic carbocycles. The van der Waals surface area contributed by atoms with Crippen LogP contribution in [0.25, 0.3) is 5.57 Å². The van der Waals surface area contributed by atoms with E-state index in [-0.39, 0.29) is 5.41 Å². The lowest BCUT2D eigenvalue weighted by molar-refractivity contribution is 0.573. The lowest BCUT2D eigenvalue weighted by atomic mass is 9.78. The normalized spacial score (nSPS) is 15.0. The third-order valence-electron chi connectivity index (χ3n) is 3.93. The number of allylic oxidation sites excluding steroid dienone is 2. The molecule has 0 spiro atoms. The minimum Gasteiger partial charge on any atom is -0.0707 e. The third kappa shape index (κ3) is 3.14. The molecule has 0 N–H and O–H groups in total. The van der Waals surface area contributed by atoms with Gasteiger partial charge >= 0.3 is 0 Å². The fourth-order valence-electron chi connectivity index (χ4n) is 2.47. The Labute approximate surface area is 116 Å². The van der Waals surface area contributed by atoms with Crippen LogP contribution in [0, 0.1) is 0 Å². The molecule has 2 aromatic rings. The summed E-state index contributed by atoms with van der Waals surface area (Å²) in [7, 11) is 0. The zero-order valence-electron chi connectivity index (χ0n) is 12.1. The van der Waals surface area contributed by atoms with Gasteiger partial charge in [-0.1, -0.05) is 80.6 Å². The molecule has 0 nitrogen and oxygen atoms in total. The molecule has 0 saturated carbocycles. The molecule has 2 rings (SSSR count). The standard InChI is InChI=1S/C19H22/c1-4-19(3,18-13-9-6-10-14-18)15-16(2)17-11-7-5-8-12-17/h5-15H,4H2,1-3H3. The maximum Gasteiger partial charge on any atom is 0.0107 e. The van der Waals surface area contributed by atoms with Crippen LogP contribution in [-0.4, -0.2) is 0 Å². The number of rotatable bonds is 4. The highest BCUT2D eigenvalue weighted by molar-refractivity contribution is 5.65. The molecule has 0 heteroatoms. The van der Waals surface area contributed by atoms with E-state index < -0.39 is 0 Å². The summed E-state index contributed by atoms with van der Waals surface area (Å²) in [5.41, 5.74) is 4.13. The summed E-state index contributed by atoms with van der Waals surface area (Å²) in [5.74, 6) is 0. The van der Waals surface area contributed by atoms with Crippen molar-refractivity contribution in [3.05, 3.63) is 77.9 Å². The molecule has 0 amide bonds. The van der Waals surface area contributed by atoms with E-state index in [2.05, 4.69) is 87.5 Å². The van der Waals surface area contributed by atoms with Crippen molar-refractivity contribution in [2.24, 2.45) is 0 Å². The zero-order chi connectivity index (χ0) is 13.7. The second-order valence-electron chi connectivity index (χ2n) is 5.33. The van der Waals surface area contributed by atoms with Crippen molar-refractivity contribution in [3.63, 3.8) is 0 Å². The second kappa shape index (κ2) is 5.88. The summed E-state index contributed by atoms with van der Waals surface area (Å²) >= 11 is 0. The Kier molecular flexibility index (Phi) is 4.21. The molecular formula is C19H22. The average Bonchev–Trinajstić information content (AvgIpc) is 2.49. The Morgan fingerprint density at radius 3 is 2.00 bits per heavy atom. The SMILES string of the molecule is CCC(C)(C=C(C)c1ccccc1)c1ccccc1. The molecule has 0 saturated heterocycles. The molecule has 0 heterocycles. The van der Waals surface area contributed by atoms with E-state index in [4.69, 9.17) is 0 Å². The van der Waals surface area contributed by atoms with Gasteiger partial charge in [0.05, 0.1) is 0 Å². The van der Waals surface area contributed by atoms with Crippen LogP contribution in [0.5, 0.6) is 0 Å². The van der Waals surface area contributed by atoms with E-state index in [0.29, 0.717) is 0 Å². The highest BCUT2D eigenvalue weighted by Gasteiger charge is 2.21. The van der Waals surface area contributed by atoms with Crippen LogP contribution in [0.3, 0.4) is 0 Å². The first kappa shape index (κ1) is 13.6. The molecule has 19 heavy (non-hydrogen) atoms. The van der Waals surface area contributed by atoms with Crippen molar-refractivity contribution in [1.29, 1.82) is 0 Å². The minimum atomic E-state index is 0.0984. The van der Waals surface area contributed by atoms with E-state index in [9.17, 15) is 0 Å². The van der Waals surface area contributed by atoms with Gasteiger partial charge in [-0.05, 0) is 30.0 Å². The lowest BCUT2D eigenvalue weighted by Crippen LogP contribution is -2.18. The summed E-state index contributed by atoms with van der Waals surface area (Å²) in [5, 5.41) is 0. The molecule has 0 aromatic heterocycles. The zero-order valence-corrected chi connectivity index (χ0v) is 12.1. The molecule has 0 aliphatic rings. The molecule has 98 valence electrons. The van der Waals surface area contributed by atoms with Crippen LogP contribution in [0.2, 0.25) is 0 Å². The van der Waals surface area contributed by atoms with E-state index in [1.807, 2.05) is 0 Å². The quantitative estimate of drug-likeness (QED) is 0.676. The lowest BCUT2D eigenvalue weighted by Gasteiger charge is -2.26. The fourth-order valence-corrected chi connectivity index (χ4v) is 2.47. The molecule has 2 aromatic carbocycles. The number of benzene rings is 2. The van der Waals surface area contributed by atoms with Crippen LogP contribution >= 0.6 is 0 Å². The molecule has 0 fully saturated rings. The average molecular weight is 250 g/mol. The van der Waals surface area contributed by atoms with E-state index in [0.717, 1.165) is 6.42 Å². The Hall–Kier alpha value is -1.82. The van der Waals surface area contributed by atoms with E-state index in [1.54, 1.807) is 0 Å². The predicted molar refractivity (Wildman–Crippen MR) is 84.2 cm³/mol. The monoisotopic (exact) mass is 250 g/mol. The van der Waals surface area contributed by atoms with Crippen LogP contribution in [0.4, 0.5) is 0 Å². The Morgan fingerprint density at radius 1 is 0.947 bits per heavy atom. The van der Waals surface area contributed by atoms with Crippen molar-refractivity contribution in [2.45, 2.75) is 32.6 Å². The second-order valence-corrected chi connectivity index (χ2v) is 5.33. The number of hydrogen-bond acceptors (Lipinski definition) is 0. The fraction of sp³-hybridized carbons (Fsp3) is 0.263. The van der Waals surface area contributed by atoms with Crippen molar-refractivity contribution in [2.75, 3.05) is 0 Å². The van der Waals surface area contributed by atoms with E-state index >= 15 is 0 Å². The van der Waals surface area contributed by atoms with Gasteiger partial charge in [0, 0.05) is 5.41 Å². The van der Waals surface area contributed by atoms with Gasteiger partial charge < -0.3 is 0 Å². The molecule has 0 aliphatic heterocycles. The van der Waals surface area contributed by atoms with Gasteiger partial charge in [0.15, 0.2) is 0 Å². The van der Waals surface area contributed by atoms with Crippen molar-refractivity contribution in [3.8, 4) is 0 Å². The van der Waals surface area contributed by atoms with Crippen LogP contribution < -0.4 is 0 Å². The topological polar surface area (TPSA) is 0 Å². The summed E-state index contributed by atoms with van der Waals surface area (Å²) in [6.45, 7) is 6.77. The highest BCUT2D eigenvalue weighted by Crippen LogP contribution is 2.32. The summed E-state index contributed by atoms with van der Waals surface area (Å²) in [6, 6.07) is 21.4. The maximum absolute atomic E-state index is 2.40. The first-order valence-electron chi connectivity index (χ1n) is 6.96. The Morgan fingerprint density at radius 2 is 1.47 bits per heavy atom. The van der Waals surface area contributed by atoms with Gasteiger partial charge in [-0.15, -0.1) is 0 Å². The van der Waals surface area contributed by atoms with Gasteiger partial charge in [0.1, 0.15) is 0 Å². The van der Waals surface area contributed by atoms with Crippen LogP contribution in [0.1, 0.15) is 38.3 Å². The highest BCUT2D eigenvalue weighted by atomic mass is 14.3. The Balaban J connectivity index is 2.38. The van der Waals surface area contributed by atoms with Crippen molar-refractivity contribution in [1.82, 2.24) is 0 Å². The third-order valence-corrected chi connectivity index (χ3v) is 3.93. The summed E-state index contributed by atoms with van der Waals surface area (Å²) in [6.07, 6.45) is 3.50. The number of hydrogen-bond donors (Lipinski definition) is 0. The first-order valence-corrected chi connectivity index (χ1v) is 6.96. The molecule has 1 atom stereocenters. The molecular weight excluding hydrogens is 228 g/mol. The largest absolute Gasteiger partial charge is 0.0707 e. The molecule has 1 unspecified atom stereocenters.